The van der Waals surface area contributed by atoms with Gasteiger partial charge in [0.2, 0.25) is 0 Å². The second-order valence-electron chi connectivity index (χ2n) is 8.68. The molecule has 0 saturated carbocycles. The zero-order valence-corrected chi connectivity index (χ0v) is 20.6. The van der Waals surface area contributed by atoms with E-state index in [0.29, 0.717) is 22.5 Å². The van der Waals surface area contributed by atoms with E-state index >= 15 is 0 Å². The van der Waals surface area contributed by atoms with Crippen molar-refractivity contribution in [2.24, 2.45) is 0 Å². The molecule has 0 radical (unpaired) electrons. The zero-order chi connectivity index (χ0) is 24.9. The van der Waals surface area contributed by atoms with E-state index in [1.165, 1.54) is 3.97 Å². The van der Waals surface area contributed by atoms with E-state index in [1.807, 2.05) is 26.0 Å². The summed E-state index contributed by atoms with van der Waals surface area (Å²) in [7, 11) is -3.78. The number of aromatic nitrogens is 3. The van der Waals surface area contributed by atoms with Crippen molar-refractivity contribution in [1.29, 1.82) is 5.26 Å². The second kappa shape index (κ2) is 8.26. The third-order valence-corrected chi connectivity index (χ3v) is 8.05. The monoisotopic (exact) mass is 480 g/mol. The smallest absolute Gasteiger partial charge is 0.268 e. The highest BCUT2D eigenvalue weighted by atomic mass is 32.2. The Morgan fingerprint density at radius 3 is 2.54 bits per heavy atom. The van der Waals surface area contributed by atoms with Crippen molar-refractivity contribution in [3.63, 3.8) is 0 Å². The highest BCUT2D eigenvalue weighted by Gasteiger charge is 2.24. The van der Waals surface area contributed by atoms with Crippen LogP contribution < -0.4 is 0 Å². The fourth-order valence-electron chi connectivity index (χ4n) is 4.58. The third kappa shape index (κ3) is 3.63. The topological polar surface area (TPSA) is 91.5 Å². The van der Waals surface area contributed by atoms with Gasteiger partial charge < -0.3 is 4.98 Å². The molecule has 174 valence electrons. The van der Waals surface area contributed by atoms with E-state index < -0.39 is 10.0 Å². The van der Waals surface area contributed by atoms with Crippen molar-refractivity contribution >= 4 is 37.5 Å². The fraction of sp³-hybridized carbons (Fsp3) is 0.143. The van der Waals surface area contributed by atoms with Gasteiger partial charge in [0.15, 0.2) is 0 Å². The maximum atomic E-state index is 13.6. The van der Waals surface area contributed by atoms with Gasteiger partial charge in [0.1, 0.15) is 5.82 Å². The van der Waals surface area contributed by atoms with Gasteiger partial charge in [-0.25, -0.2) is 17.4 Å². The van der Waals surface area contributed by atoms with Gasteiger partial charge in [0.05, 0.1) is 33.1 Å². The lowest BCUT2D eigenvalue weighted by atomic mass is 9.93. The van der Waals surface area contributed by atoms with Crippen LogP contribution in [0.3, 0.4) is 0 Å². The van der Waals surface area contributed by atoms with E-state index in [1.54, 1.807) is 48.7 Å². The number of rotatable bonds is 5. The Morgan fingerprint density at radius 1 is 1.11 bits per heavy atom. The minimum Gasteiger partial charge on any atom is -0.338 e. The second-order valence-corrected chi connectivity index (χ2v) is 10.5. The first-order chi connectivity index (χ1) is 16.7. The first kappa shape index (κ1) is 22.6. The molecule has 0 aliphatic heterocycles. The predicted molar refractivity (Wildman–Crippen MR) is 139 cm³/mol. The van der Waals surface area contributed by atoms with Crippen LogP contribution in [0.2, 0.25) is 0 Å². The van der Waals surface area contributed by atoms with Crippen LogP contribution in [-0.2, 0) is 16.4 Å². The molecule has 0 bridgehead atoms. The molecule has 0 atom stereocenters. The summed E-state index contributed by atoms with van der Waals surface area (Å²) >= 11 is 0. The molecule has 0 amide bonds. The van der Waals surface area contributed by atoms with Crippen molar-refractivity contribution in [3.05, 3.63) is 101 Å². The molecule has 1 N–H and O–H groups in total. The number of nitrogens with one attached hydrogen (secondary N) is 1. The normalized spacial score (nSPS) is 11.7. The summed E-state index contributed by atoms with van der Waals surface area (Å²) in [6.07, 6.45) is 2.36. The standard InChI is InChI=1S/C28H24N4O2S/c1-5-21-14-18(3)27-23(12-13-32(27)35(33,34)22-9-6-17(2)7-10-22)26(21)19(4)28-30-24-11-8-20(16-29)15-25(24)31-28/h6-15H,4-5H2,1-3H3,(H,30,31). The Kier molecular flexibility index (Phi) is 5.34. The van der Waals surface area contributed by atoms with Gasteiger partial charge in [-0.1, -0.05) is 37.3 Å². The van der Waals surface area contributed by atoms with Gasteiger partial charge in [0, 0.05) is 17.2 Å². The van der Waals surface area contributed by atoms with Crippen LogP contribution in [-0.4, -0.2) is 22.4 Å². The molecule has 7 heteroatoms. The number of aromatic amines is 1. The SMILES string of the molecule is C=C(c1nc2ccc(C#N)cc2[nH]1)c1c(CC)cc(C)c2c1ccn2S(=O)(=O)c1ccc(C)cc1. The van der Waals surface area contributed by atoms with Gasteiger partial charge in [-0.2, -0.15) is 5.26 Å². The summed E-state index contributed by atoms with van der Waals surface area (Å²) in [6, 6.07) is 18.2. The summed E-state index contributed by atoms with van der Waals surface area (Å²) in [6.45, 7) is 10.3. The number of nitriles is 1. The van der Waals surface area contributed by atoms with Gasteiger partial charge >= 0.3 is 0 Å². The largest absolute Gasteiger partial charge is 0.338 e. The lowest BCUT2D eigenvalue weighted by Crippen LogP contribution is -2.12. The molecule has 0 aliphatic carbocycles. The molecule has 3 aromatic carbocycles. The fourth-order valence-corrected chi connectivity index (χ4v) is 5.99. The lowest BCUT2D eigenvalue weighted by Gasteiger charge is -2.15. The van der Waals surface area contributed by atoms with Crippen molar-refractivity contribution in [3.8, 4) is 6.07 Å². The minimum atomic E-state index is -3.78. The molecule has 0 spiro atoms. The van der Waals surface area contributed by atoms with Crippen LogP contribution in [0.5, 0.6) is 0 Å². The van der Waals surface area contributed by atoms with Crippen LogP contribution in [0.15, 0.2) is 72.3 Å². The molecule has 0 aliphatic rings. The summed E-state index contributed by atoms with van der Waals surface area (Å²) in [4.78, 5) is 8.21. The molecule has 5 aromatic rings. The number of aryl methyl sites for hydroxylation is 3. The highest BCUT2D eigenvalue weighted by molar-refractivity contribution is 7.90. The van der Waals surface area contributed by atoms with Crippen LogP contribution >= 0.6 is 0 Å². The Morgan fingerprint density at radius 2 is 1.86 bits per heavy atom. The van der Waals surface area contributed by atoms with E-state index in [4.69, 9.17) is 4.98 Å². The van der Waals surface area contributed by atoms with Crippen molar-refractivity contribution < 1.29 is 8.42 Å². The van der Waals surface area contributed by atoms with E-state index in [-0.39, 0.29) is 4.90 Å². The number of hydrogen-bond acceptors (Lipinski definition) is 4. The summed E-state index contributed by atoms with van der Waals surface area (Å²) in [5, 5.41) is 10.0. The zero-order valence-electron chi connectivity index (χ0n) is 19.8. The maximum absolute atomic E-state index is 13.6. The molecule has 5 rings (SSSR count). The Labute approximate surface area is 204 Å². The molecule has 2 heterocycles. The summed E-state index contributed by atoms with van der Waals surface area (Å²) < 4.78 is 28.5. The maximum Gasteiger partial charge on any atom is 0.268 e. The van der Waals surface area contributed by atoms with Crippen LogP contribution in [0.25, 0.3) is 27.5 Å². The van der Waals surface area contributed by atoms with Gasteiger partial charge in [-0.15, -0.1) is 0 Å². The van der Waals surface area contributed by atoms with Crippen molar-refractivity contribution in [1.82, 2.24) is 13.9 Å². The van der Waals surface area contributed by atoms with Crippen molar-refractivity contribution in [2.45, 2.75) is 32.1 Å². The molecule has 2 aromatic heterocycles. The molecule has 0 fully saturated rings. The predicted octanol–water partition coefficient (Wildman–Crippen LogP) is 5.87. The number of fused-ring (bicyclic) bond motifs is 2. The average Bonchev–Trinajstić information content (AvgIpc) is 3.48. The molecule has 0 saturated heterocycles. The van der Waals surface area contributed by atoms with Gasteiger partial charge in [-0.3, -0.25) is 0 Å². The van der Waals surface area contributed by atoms with E-state index in [2.05, 4.69) is 24.6 Å². The average molecular weight is 481 g/mol. The molecular formula is C28H24N4O2S. The van der Waals surface area contributed by atoms with Gasteiger partial charge in [0.25, 0.3) is 10.0 Å². The Hall–Kier alpha value is -4.15. The highest BCUT2D eigenvalue weighted by Crippen LogP contribution is 2.36. The Bertz CT molecular complexity index is 1780. The number of hydrogen-bond donors (Lipinski definition) is 1. The first-order valence-corrected chi connectivity index (χ1v) is 12.7. The van der Waals surface area contributed by atoms with Crippen LogP contribution in [0, 0.1) is 25.2 Å². The van der Waals surface area contributed by atoms with Crippen LogP contribution in [0.4, 0.5) is 0 Å². The van der Waals surface area contributed by atoms with Crippen LogP contribution in [0.1, 0.15) is 40.6 Å². The number of H-pyrrole nitrogens is 1. The Balaban J connectivity index is 1.71. The van der Waals surface area contributed by atoms with E-state index in [9.17, 15) is 13.7 Å². The van der Waals surface area contributed by atoms with Gasteiger partial charge in [-0.05, 0) is 73.4 Å². The number of nitrogens with zero attached hydrogens (tertiary/aromatic N) is 3. The third-order valence-electron chi connectivity index (χ3n) is 6.36. The lowest BCUT2D eigenvalue weighted by molar-refractivity contribution is 0.589. The number of imidazole rings is 1. The summed E-state index contributed by atoms with van der Waals surface area (Å²) in [5.74, 6) is 0.587. The summed E-state index contributed by atoms with van der Waals surface area (Å²) in [5.41, 5.74) is 7.13. The number of benzene rings is 3. The molecule has 0 unspecified atom stereocenters. The first-order valence-electron chi connectivity index (χ1n) is 11.3. The molecule has 6 nitrogen and oxygen atoms in total. The van der Waals surface area contributed by atoms with Crippen molar-refractivity contribution in [2.75, 3.05) is 0 Å². The quantitative estimate of drug-likeness (QED) is 0.341. The minimum absolute atomic E-state index is 0.241. The molecular weight excluding hydrogens is 456 g/mol. The van der Waals surface area contributed by atoms with E-state index in [0.717, 1.165) is 45.1 Å². The molecule has 35 heavy (non-hydrogen) atoms.